The van der Waals surface area contributed by atoms with E-state index in [-0.39, 0.29) is 0 Å². The smallest absolute Gasteiger partial charge is 0.156 e. The van der Waals surface area contributed by atoms with Crippen LogP contribution in [0, 0.1) is 0 Å². The lowest BCUT2D eigenvalue weighted by Gasteiger charge is -2.10. The van der Waals surface area contributed by atoms with Crippen molar-refractivity contribution >= 4 is 27.2 Å². The third-order valence-electron chi connectivity index (χ3n) is 5.49. The fourth-order valence-corrected chi connectivity index (χ4v) is 3.96. The maximum Gasteiger partial charge on any atom is 0.156 e. The van der Waals surface area contributed by atoms with Gasteiger partial charge in [0.2, 0.25) is 0 Å². The molecule has 5 heteroatoms. The van der Waals surface area contributed by atoms with Crippen molar-refractivity contribution in [1.29, 1.82) is 0 Å². The molecule has 0 saturated carbocycles. The Hall–Kier alpha value is -4.51. The highest BCUT2D eigenvalue weighted by atomic mass is 15.6. The quantitative estimate of drug-likeness (QED) is 0.313. The molecule has 0 atom stereocenters. The highest BCUT2D eigenvalue weighted by molar-refractivity contribution is 6.09. The molecular weight excluding hydrogens is 394 g/mol. The zero-order valence-electron chi connectivity index (χ0n) is 17.2. The van der Waals surface area contributed by atoms with Crippen LogP contribution in [0.15, 0.2) is 120 Å². The van der Waals surface area contributed by atoms with E-state index in [0.29, 0.717) is 5.62 Å². The van der Waals surface area contributed by atoms with E-state index in [4.69, 9.17) is 15.3 Å². The summed E-state index contributed by atoms with van der Waals surface area (Å²) in [6.45, 7) is 0. The van der Waals surface area contributed by atoms with Crippen molar-refractivity contribution in [1.82, 2.24) is 15.0 Å². The molecule has 5 aromatic carbocycles. The fraction of sp³-hybridized carbons (Fsp3) is 0. The van der Waals surface area contributed by atoms with Crippen LogP contribution in [0.2, 0.25) is 0 Å². The molecule has 1 aromatic heterocycles. The van der Waals surface area contributed by atoms with Crippen LogP contribution in [0.25, 0.3) is 32.9 Å². The normalized spacial score (nSPS) is 11.9. The molecule has 0 bridgehead atoms. The number of benzene rings is 5. The second-order valence-electron chi connectivity index (χ2n) is 7.54. The molecule has 0 unspecified atom stereocenters. The Bertz CT molecular complexity index is 1560. The van der Waals surface area contributed by atoms with Crippen molar-refractivity contribution in [3.63, 3.8) is 0 Å². The van der Waals surface area contributed by atoms with Gasteiger partial charge >= 0.3 is 0 Å². The standard InChI is InChI=1S/C27H19N5/c1-3-13-22(14-4-1)31-27(29-32(30-31)23-15-5-2-6-16-23)28-26-24-17-9-7-11-20(24)19-21-12-8-10-18-25(21)26/h1-19H. The van der Waals surface area contributed by atoms with Crippen LogP contribution in [0.4, 0.5) is 5.69 Å². The molecule has 0 aliphatic heterocycles. The molecule has 0 saturated heterocycles. The maximum absolute atomic E-state index is 5.09. The number of hydrogen-bond donors (Lipinski definition) is 0. The van der Waals surface area contributed by atoms with Gasteiger partial charge in [0.15, 0.2) is 5.69 Å². The van der Waals surface area contributed by atoms with Crippen LogP contribution < -0.4 is 15.5 Å². The van der Waals surface area contributed by atoms with E-state index >= 15 is 0 Å². The highest BCUT2D eigenvalue weighted by Gasteiger charge is 2.07. The second kappa shape index (κ2) is 7.63. The molecule has 0 aliphatic carbocycles. The van der Waals surface area contributed by atoms with Gasteiger partial charge in [0.05, 0.1) is 0 Å². The molecular formula is C27H19N5. The average molecular weight is 413 g/mol. The molecule has 6 rings (SSSR count). The van der Waals surface area contributed by atoms with E-state index in [1.54, 1.807) is 9.48 Å². The van der Waals surface area contributed by atoms with E-state index in [9.17, 15) is 0 Å². The Morgan fingerprint density at radius 3 is 1.88 bits per heavy atom. The first-order valence-corrected chi connectivity index (χ1v) is 10.5. The molecule has 0 radical (unpaired) electrons. The van der Waals surface area contributed by atoms with Gasteiger partial charge in [-0.15, -0.1) is 15.1 Å². The largest absolute Gasteiger partial charge is 0.318 e. The monoisotopic (exact) mass is 413 g/mol. The molecule has 6 aromatic rings. The van der Waals surface area contributed by atoms with E-state index in [1.807, 2.05) is 72.8 Å². The van der Waals surface area contributed by atoms with Crippen molar-refractivity contribution in [2.75, 3.05) is 0 Å². The second-order valence-corrected chi connectivity index (χ2v) is 7.54. The summed E-state index contributed by atoms with van der Waals surface area (Å²) >= 11 is 0. The van der Waals surface area contributed by atoms with E-state index in [1.165, 1.54) is 0 Å². The Morgan fingerprint density at radius 2 is 1.22 bits per heavy atom. The van der Waals surface area contributed by atoms with E-state index in [0.717, 1.165) is 38.6 Å². The zero-order valence-corrected chi connectivity index (χ0v) is 17.2. The Balaban J connectivity index is 1.69. The van der Waals surface area contributed by atoms with E-state index in [2.05, 4.69) is 42.5 Å². The number of aromatic nitrogens is 4. The summed E-state index contributed by atoms with van der Waals surface area (Å²) < 4.78 is 1.78. The minimum atomic E-state index is 0.515. The molecule has 152 valence electrons. The number of rotatable bonds is 3. The SMILES string of the molecule is c1ccc(-n2n[n+](-c3ccccc3)[n-]c2=Nc2c3ccccc3cc3ccccc23)cc1. The lowest BCUT2D eigenvalue weighted by molar-refractivity contribution is -0.723. The number of fused-ring (bicyclic) bond motifs is 2. The van der Waals surface area contributed by atoms with Gasteiger partial charge in [0, 0.05) is 11.4 Å². The van der Waals surface area contributed by atoms with Crippen LogP contribution in [0.5, 0.6) is 0 Å². The Kier molecular flexibility index (Phi) is 4.36. The number of hydrogen-bond acceptors (Lipinski definition) is 2. The Morgan fingerprint density at radius 1 is 0.656 bits per heavy atom. The molecule has 5 nitrogen and oxygen atoms in total. The fourth-order valence-electron chi connectivity index (χ4n) is 3.96. The minimum absolute atomic E-state index is 0.515. The van der Waals surface area contributed by atoms with E-state index < -0.39 is 0 Å². The predicted molar refractivity (Wildman–Crippen MR) is 125 cm³/mol. The van der Waals surface area contributed by atoms with Gasteiger partial charge in [-0.1, -0.05) is 84.9 Å². The van der Waals surface area contributed by atoms with Crippen LogP contribution in [-0.2, 0) is 0 Å². The van der Waals surface area contributed by atoms with Crippen molar-refractivity contribution in [3.05, 3.63) is 121 Å². The van der Waals surface area contributed by atoms with Crippen molar-refractivity contribution in [2.24, 2.45) is 4.99 Å². The van der Waals surface area contributed by atoms with Crippen molar-refractivity contribution in [3.8, 4) is 11.4 Å². The van der Waals surface area contributed by atoms with Crippen molar-refractivity contribution < 1.29 is 4.80 Å². The van der Waals surface area contributed by atoms with Gasteiger partial charge in [-0.05, 0) is 51.9 Å². The predicted octanol–water partition coefficient (Wildman–Crippen LogP) is 4.65. The van der Waals surface area contributed by atoms with Crippen LogP contribution in [-0.4, -0.2) is 9.90 Å². The molecule has 0 N–H and O–H groups in total. The molecule has 0 fully saturated rings. The van der Waals surface area contributed by atoms with Gasteiger partial charge in [0.25, 0.3) is 0 Å². The van der Waals surface area contributed by atoms with Gasteiger partial charge in [-0.3, -0.25) is 4.68 Å². The third kappa shape index (κ3) is 3.17. The number of nitrogens with zero attached hydrogens (tertiary/aromatic N) is 5. The summed E-state index contributed by atoms with van der Waals surface area (Å²) in [5.41, 5.74) is 3.18. The first-order valence-electron chi connectivity index (χ1n) is 10.5. The summed E-state index contributed by atoms with van der Waals surface area (Å²) in [4.78, 5) is 6.71. The number of para-hydroxylation sites is 2. The number of tetrazole rings is 1. The first kappa shape index (κ1) is 18.3. The van der Waals surface area contributed by atoms with Crippen LogP contribution in [0.3, 0.4) is 0 Å². The molecule has 1 heterocycles. The summed E-state index contributed by atoms with van der Waals surface area (Å²) in [6, 6.07) is 38.7. The third-order valence-corrected chi connectivity index (χ3v) is 5.49. The lowest BCUT2D eigenvalue weighted by atomic mass is 10.0. The first-order chi connectivity index (χ1) is 15.9. The molecule has 32 heavy (non-hydrogen) atoms. The maximum atomic E-state index is 5.09. The molecule has 0 aliphatic rings. The summed E-state index contributed by atoms with van der Waals surface area (Å²) in [5, 5.41) is 14.0. The summed E-state index contributed by atoms with van der Waals surface area (Å²) in [6.07, 6.45) is 0. The van der Waals surface area contributed by atoms with Gasteiger partial charge in [-0.25, -0.2) is 0 Å². The van der Waals surface area contributed by atoms with Crippen LogP contribution >= 0.6 is 0 Å². The van der Waals surface area contributed by atoms with Crippen LogP contribution in [0.1, 0.15) is 0 Å². The van der Waals surface area contributed by atoms with Crippen molar-refractivity contribution in [2.45, 2.75) is 0 Å². The molecule has 0 spiro atoms. The highest BCUT2D eigenvalue weighted by Crippen LogP contribution is 2.34. The van der Waals surface area contributed by atoms with Gasteiger partial charge in [0.1, 0.15) is 5.62 Å². The summed E-state index contributed by atoms with van der Waals surface area (Å²) in [7, 11) is 0. The molecule has 0 amide bonds. The topological polar surface area (TPSA) is 48.2 Å². The minimum Gasteiger partial charge on any atom is -0.318 e. The van der Waals surface area contributed by atoms with Gasteiger partial charge in [-0.2, -0.15) is 0 Å². The Labute approximate surface area is 184 Å². The zero-order chi connectivity index (χ0) is 21.3. The average Bonchev–Trinajstić information content (AvgIpc) is 3.29. The lowest BCUT2D eigenvalue weighted by Crippen LogP contribution is -2.40. The summed E-state index contributed by atoms with van der Waals surface area (Å²) in [5.74, 6) is 0. The van der Waals surface area contributed by atoms with Gasteiger partial charge < -0.3 is 4.99 Å².